The Bertz CT molecular complexity index is 323. The van der Waals surface area contributed by atoms with E-state index in [0.29, 0.717) is 5.92 Å². The van der Waals surface area contributed by atoms with Gasteiger partial charge < -0.3 is 0 Å². The number of benzene rings is 1. The van der Waals surface area contributed by atoms with Gasteiger partial charge in [-0.05, 0) is 47.8 Å². The van der Waals surface area contributed by atoms with E-state index in [0.717, 1.165) is 5.92 Å². The minimum atomic E-state index is 0.666. The van der Waals surface area contributed by atoms with Gasteiger partial charge >= 0.3 is 0 Å². The van der Waals surface area contributed by atoms with Crippen molar-refractivity contribution in [2.24, 2.45) is 5.92 Å². The molecule has 0 nitrogen and oxygen atoms in total. The van der Waals surface area contributed by atoms with Crippen molar-refractivity contribution < 1.29 is 0 Å². The Hall–Kier alpha value is -0.780. The van der Waals surface area contributed by atoms with Crippen LogP contribution in [0.4, 0.5) is 0 Å². The van der Waals surface area contributed by atoms with E-state index < -0.39 is 0 Å². The third-order valence-corrected chi connectivity index (χ3v) is 3.37. The normalized spacial score (nSPS) is 21.0. The van der Waals surface area contributed by atoms with Crippen LogP contribution in [0.3, 0.4) is 0 Å². The number of fused-ring (bicyclic) bond motifs is 1. The van der Waals surface area contributed by atoms with Crippen molar-refractivity contribution >= 4 is 0 Å². The second kappa shape index (κ2) is 3.76. The molecular formula is C14H20. The van der Waals surface area contributed by atoms with Crippen molar-refractivity contribution in [3.63, 3.8) is 0 Å². The first-order chi connectivity index (χ1) is 6.66. The van der Waals surface area contributed by atoms with E-state index in [1.807, 2.05) is 0 Å². The first-order valence-electron chi connectivity index (χ1n) is 5.78. The molecule has 0 aromatic heterocycles. The molecule has 0 bridgehead atoms. The fourth-order valence-corrected chi connectivity index (χ4v) is 2.32. The molecule has 0 radical (unpaired) electrons. The molecule has 14 heavy (non-hydrogen) atoms. The lowest BCUT2D eigenvalue weighted by Crippen LogP contribution is -2.11. The van der Waals surface area contributed by atoms with Crippen molar-refractivity contribution in [1.82, 2.24) is 0 Å². The maximum absolute atomic E-state index is 2.42. The summed E-state index contributed by atoms with van der Waals surface area (Å²) in [5, 5.41) is 0. The molecule has 0 saturated carbocycles. The maximum Gasteiger partial charge on any atom is -0.0219 e. The van der Waals surface area contributed by atoms with E-state index in [4.69, 9.17) is 0 Å². The highest BCUT2D eigenvalue weighted by Crippen LogP contribution is 2.27. The van der Waals surface area contributed by atoms with Crippen LogP contribution in [0.15, 0.2) is 18.2 Å². The van der Waals surface area contributed by atoms with Crippen LogP contribution in [0, 0.1) is 5.92 Å². The first kappa shape index (κ1) is 9.76. The van der Waals surface area contributed by atoms with Gasteiger partial charge in [0.1, 0.15) is 0 Å². The van der Waals surface area contributed by atoms with Crippen LogP contribution in [-0.2, 0) is 12.8 Å². The van der Waals surface area contributed by atoms with E-state index in [-0.39, 0.29) is 0 Å². The predicted molar refractivity (Wildman–Crippen MR) is 61.7 cm³/mol. The first-order valence-corrected chi connectivity index (χ1v) is 5.78. The van der Waals surface area contributed by atoms with Gasteiger partial charge in [0, 0.05) is 0 Å². The van der Waals surface area contributed by atoms with E-state index in [9.17, 15) is 0 Å². The van der Waals surface area contributed by atoms with Crippen LogP contribution in [-0.4, -0.2) is 0 Å². The molecule has 1 atom stereocenters. The largest absolute Gasteiger partial charge is 0.0622 e. The second-order valence-corrected chi connectivity index (χ2v) is 5.03. The van der Waals surface area contributed by atoms with Gasteiger partial charge in [-0.25, -0.2) is 0 Å². The zero-order valence-electron chi connectivity index (χ0n) is 9.51. The number of aryl methyl sites for hydroxylation is 1. The molecule has 76 valence electrons. The number of hydrogen-bond donors (Lipinski definition) is 0. The van der Waals surface area contributed by atoms with Crippen molar-refractivity contribution in [2.45, 2.75) is 46.0 Å². The van der Waals surface area contributed by atoms with Gasteiger partial charge in [-0.3, -0.25) is 0 Å². The minimum Gasteiger partial charge on any atom is -0.0622 e. The average Bonchev–Trinajstić information content (AvgIpc) is 2.16. The Morgan fingerprint density at radius 3 is 2.71 bits per heavy atom. The van der Waals surface area contributed by atoms with E-state index in [2.05, 4.69) is 39.0 Å². The van der Waals surface area contributed by atoms with Gasteiger partial charge in [-0.2, -0.15) is 0 Å². The molecule has 1 unspecified atom stereocenters. The Labute approximate surface area is 87.3 Å². The summed E-state index contributed by atoms with van der Waals surface area (Å²) in [5.41, 5.74) is 4.70. The zero-order chi connectivity index (χ0) is 10.1. The molecular weight excluding hydrogens is 168 g/mol. The third-order valence-electron chi connectivity index (χ3n) is 3.37. The molecule has 0 saturated heterocycles. The summed E-state index contributed by atoms with van der Waals surface area (Å²) < 4.78 is 0. The lowest BCUT2D eigenvalue weighted by Gasteiger charge is -2.22. The molecule has 0 amide bonds. The summed E-state index contributed by atoms with van der Waals surface area (Å²) in [5.74, 6) is 1.55. The molecule has 0 heteroatoms. The highest BCUT2D eigenvalue weighted by atomic mass is 14.2. The highest BCUT2D eigenvalue weighted by Gasteiger charge is 2.15. The summed E-state index contributed by atoms with van der Waals surface area (Å²) in [6.07, 6.45) is 3.94. The second-order valence-electron chi connectivity index (χ2n) is 5.03. The summed E-state index contributed by atoms with van der Waals surface area (Å²) in [6.45, 7) is 6.90. The van der Waals surface area contributed by atoms with E-state index in [1.54, 1.807) is 11.1 Å². The average molecular weight is 188 g/mol. The van der Waals surface area contributed by atoms with Gasteiger partial charge in [0.15, 0.2) is 0 Å². The molecule has 1 aliphatic rings. The third kappa shape index (κ3) is 1.84. The minimum absolute atomic E-state index is 0.666. The molecule has 1 aromatic carbocycles. The molecule has 1 aliphatic carbocycles. The lowest BCUT2D eigenvalue weighted by molar-refractivity contribution is 0.500. The van der Waals surface area contributed by atoms with Crippen LogP contribution >= 0.6 is 0 Å². The Morgan fingerprint density at radius 1 is 1.21 bits per heavy atom. The summed E-state index contributed by atoms with van der Waals surface area (Å²) in [7, 11) is 0. The number of hydrogen-bond acceptors (Lipinski definition) is 0. The number of rotatable bonds is 1. The molecule has 0 aliphatic heterocycles. The Kier molecular flexibility index (Phi) is 2.62. The Morgan fingerprint density at radius 2 is 2.00 bits per heavy atom. The van der Waals surface area contributed by atoms with Crippen molar-refractivity contribution in [3.05, 3.63) is 34.9 Å². The molecule has 0 spiro atoms. The maximum atomic E-state index is 2.42. The van der Waals surface area contributed by atoms with Crippen LogP contribution in [0.5, 0.6) is 0 Å². The van der Waals surface area contributed by atoms with Crippen molar-refractivity contribution in [3.8, 4) is 0 Å². The smallest absolute Gasteiger partial charge is 0.0219 e. The highest BCUT2D eigenvalue weighted by molar-refractivity contribution is 5.35. The fraction of sp³-hybridized carbons (Fsp3) is 0.571. The molecule has 0 fully saturated rings. The molecule has 2 rings (SSSR count). The monoisotopic (exact) mass is 188 g/mol. The molecule has 0 N–H and O–H groups in total. The zero-order valence-corrected chi connectivity index (χ0v) is 9.51. The van der Waals surface area contributed by atoms with Gasteiger partial charge in [0.05, 0.1) is 0 Å². The lowest BCUT2D eigenvalue weighted by atomic mass is 9.83. The van der Waals surface area contributed by atoms with Crippen molar-refractivity contribution in [1.29, 1.82) is 0 Å². The van der Waals surface area contributed by atoms with Crippen LogP contribution in [0.1, 0.15) is 49.8 Å². The summed E-state index contributed by atoms with van der Waals surface area (Å²) in [4.78, 5) is 0. The van der Waals surface area contributed by atoms with Crippen LogP contribution in [0.25, 0.3) is 0 Å². The summed E-state index contributed by atoms with van der Waals surface area (Å²) >= 11 is 0. The van der Waals surface area contributed by atoms with E-state index >= 15 is 0 Å². The summed E-state index contributed by atoms with van der Waals surface area (Å²) in [6, 6.07) is 7.08. The SMILES string of the molecule is CC1CCc2cc(C(C)C)ccc2C1. The Balaban J connectivity index is 2.31. The molecule has 1 aromatic rings. The quantitative estimate of drug-likeness (QED) is 0.626. The van der Waals surface area contributed by atoms with Gasteiger partial charge in [-0.1, -0.05) is 39.0 Å². The standard InChI is InChI=1S/C14H20/c1-10(2)12-6-7-13-8-11(3)4-5-14(13)9-12/h6-7,9-11H,4-5,8H2,1-3H3. The predicted octanol–water partition coefficient (Wildman–Crippen LogP) is 3.93. The fourth-order valence-electron chi connectivity index (χ4n) is 2.32. The van der Waals surface area contributed by atoms with Crippen molar-refractivity contribution in [2.75, 3.05) is 0 Å². The van der Waals surface area contributed by atoms with Gasteiger partial charge in [-0.15, -0.1) is 0 Å². The topological polar surface area (TPSA) is 0 Å². The van der Waals surface area contributed by atoms with E-state index in [1.165, 1.54) is 24.8 Å². The van der Waals surface area contributed by atoms with Crippen LogP contribution in [0.2, 0.25) is 0 Å². The van der Waals surface area contributed by atoms with Crippen LogP contribution < -0.4 is 0 Å². The molecule has 0 heterocycles. The van der Waals surface area contributed by atoms with Gasteiger partial charge in [0.2, 0.25) is 0 Å². The van der Waals surface area contributed by atoms with Gasteiger partial charge in [0.25, 0.3) is 0 Å².